The van der Waals surface area contributed by atoms with Gasteiger partial charge in [0.1, 0.15) is 11.2 Å². The minimum absolute atomic E-state index is 0.567. The number of rotatable bonds is 6. The van der Waals surface area contributed by atoms with Crippen LogP contribution in [0.5, 0.6) is 0 Å². The molecule has 0 fully saturated rings. The number of para-hydroxylation sites is 1. The lowest BCUT2D eigenvalue weighted by Gasteiger charge is -2.13. The van der Waals surface area contributed by atoms with Crippen LogP contribution in [-0.4, -0.2) is 12.6 Å². The van der Waals surface area contributed by atoms with Crippen molar-refractivity contribution in [1.29, 1.82) is 0 Å². The molecule has 0 N–H and O–H groups in total. The van der Waals surface area contributed by atoms with E-state index >= 15 is 0 Å². The molecule has 0 aliphatic heterocycles. The highest BCUT2D eigenvalue weighted by Crippen LogP contribution is 2.39. The van der Waals surface area contributed by atoms with Gasteiger partial charge in [-0.3, -0.25) is 0 Å². The maximum atomic E-state index is 6.14. The summed E-state index contributed by atoms with van der Waals surface area (Å²) in [7, 11) is 0. The average molecular weight is 617 g/mol. The lowest BCUT2D eigenvalue weighted by Crippen LogP contribution is -1.97. The number of benzene rings is 7. The van der Waals surface area contributed by atoms with Gasteiger partial charge in [0, 0.05) is 10.9 Å². The van der Waals surface area contributed by atoms with Gasteiger partial charge >= 0.3 is 0 Å². The molecule has 0 aliphatic rings. The van der Waals surface area contributed by atoms with Crippen LogP contribution in [0.15, 0.2) is 178 Å². The summed E-state index contributed by atoms with van der Waals surface area (Å²) < 4.78 is 6.14. The van der Waals surface area contributed by atoms with E-state index in [1.54, 1.807) is 0 Å². The van der Waals surface area contributed by atoms with Crippen molar-refractivity contribution in [3.8, 4) is 44.5 Å². The molecule has 0 aliphatic carbocycles. The predicted molar refractivity (Wildman–Crippen MR) is 202 cm³/mol. The molecule has 8 rings (SSSR count). The molecule has 8 aromatic rings. The summed E-state index contributed by atoms with van der Waals surface area (Å²) in [5, 5.41) is 2.03. The summed E-state index contributed by atoms with van der Waals surface area (Å²) in [5.41, 5.74) is 13.7. The first-order valence-electron chi connectivity index (χ1n) is 16.1. The van der Waals surface area contributed by atoms with Gasteiger partial charge in [-0.25, -0.2) is 9.98 Å². The number of nitrogens with zero attached hydrogens (tertiary/aromatic N) is 2. The third-order valence-corrected chi connectivity index (χ3v) is 8.88. The van der Waals surface area contributed by atoms with Gasteiger partial charge in [-0.15, -0.1) is 0 Å². The fourth-order valence-electron chi connectivity index (χ4n) is 6.45. The molecule has 228 valence electrons. The molecular formula is C45H32N2O. The van der Waals surface area contributed by atoms with Gasteiger partial charge in [0.15, 0.2) is 5.84 Å². The largest absolute Gasteiger partial charge is 0.456 e. The van der Waals surface area contributed by atoms with Crippen molar-refractivity contribution < 1.29 is 4.42 Å². The number of hydrogen-bond acceptors (Lipinski definition) is 2. The molecule has 7 aromatic carbocycles. The van der Waals surface area contributed by atoms with Gasteiger partial charge in [0.05, 0.1) is 11.1 Å². The van der Waals surface area contributed by atoms with Gasteiger partial charge in [0.25, 0.3) is 0 Å². The topological polar surface area (TPSA) is 37.9 Å². The highest BCUT2D eigenvalue weighted by Gasteiger charge is 2.15. The zero-order chi connectivity index (χ0) is 32.5. The smallest absolute Gasteiger partial charge is 0.159 e. The Bertz CT molecular complexity index is 2410. The molecule has 48 heavy (non-hydrogen) atoms. The predicted octanol–water partition coefficient (Wildman–Crippen LogP) is 12.3. The van der Waals surface area contributed by atoms with E-state index in [4.69, 9.17) is 9.41 Å². The molecule has 0 radical (unpaired) electrons. The number of amidine groups is 1. The van der Waals surface area contributed by atoms with Crippen molar-refractivity contribution in [2.75, 3.05) is 0 Å². The standard InChI is InChI=1S/C45H32N2O/c1-30-23-24-42-43(40-21-9-10-22-41(40)48-42)44(30)47-45(46-2)36-20-12-18-34(26-36)33-17-11-19-35(25-33)39-28-37(31-13-5-3-6-14-31)27-38(29-39)32-15-7-4-8-16-32/h3-29H,2H2,1H3. The third-order valence-electron chi connectivity index (χ3n) is 8.88. The number of aliphatic imine (C=N–C) groups is 2. The van der Waals surface area contributed by atoms with Gasteiger partial charge in [-0.1, -0.05) is 121 Å². The summed E-state index contributed by atoms with van der Waals surface area (Å²) >= 11 is 0. The summed E-state index contributed by atoms with van der Waals surface area (Å²) in [6, 6.07) is 57.2. The first kappa shape index (κ1) is 29.1. The minimum Gasteiger partial charge on any atom is -0.456 e. The number of fused-ring (bicyclic) bond motifs is 3. The normalized spacial score (nSPS) is 11.6. The molecule has 0 atom stereocenters. The van der Waals surface area contributed by atoms with E-state index in [0.29, 0.717) is 5.84 Å². The molecule has 3 heteroatoms. The molecule has 1 heterocycles. The first-order chi connectivity index (χ1) is 23.6. The van der Waals surface area contributed by atoms with Crippen LogP contribution >= 0.6 is 0 Å². The second-order valence-electron chi connectivity index (χ2n) is 12.0. The van der Waals surface area contributed by atoms with Gasteiger partial charge in [-0.2, -0.15) is 0 Å². The Morgan fingerprint density at radius 1 is 0.479 bits per heavy atom. The van der Waals surface area contributed by atoms with Crippen molar-refractivity contribution in [3.63, 3.8) is 0 Å². The summed E-state index contributed by atoms with van der Waals surface area (Å²) in [4.78, 5) is 9.51. The van der Waals surface area contributed by atoms with Crippen LogP contribution < -0.4 is 0 Å². The molecule has 1 aromatic heterocycles. The van der Waals surface area contributed by atoms with Crippen molar-refractivity contribution in [1.82, 2.24) is 0 Å². The Morgan fingerprint density at radius 2 is 1.00 bits per heavy atom. The fraction of sp³-hybridized carbons (Fsp3) is 0.0222. The van der Waals surface area contributed by atoms with E-state index in [0.717, 1.165) is 55.4 Å². The van der Waals surface area contributed by atoms with Crippen LogP contribution in [0, 0.1) is 6.92 Å². The van der Waals surface area contributed by atoms with E-state index in [9.17, 15) is 0 Å². The Hall–Kier alpha value is -6.32. The summed E-state index contributed by atoms with van der Waals surface area (Å²) in [5.74, 6) is 0.567. The highest BCUT2D eigenvalue weighted by atomic mass is 16.3. The molecule has 0 bridgehead atoms. The molecule has 0 amide bonds. The van der Waals surface area contributed by atoms with Gasteiger partial charge < -0.3 is 4.42 Å². The van der Waals surface area contributed by atoms with Crippen LogP contribution in [0.25, 0.3) is 66.4 Å². The van der Waals surface area contributed by atoms with Crippen LogP contribution in [-0.2, 0) is 0 Å². The number of furan rings is 1. The van der Waals surface area contributed by atoms with Gasteiger partial charge in [-0.05, 0) is 106 Å². The third kappa shape index (κ3) is 5.52. The lowest BCUT2D eigenvalue weighted by molar-refractivity contribution is 0.669. The monoisotopic (exact) mass is 616 g/mol. The highest BCUT2D eigenvalue weighted by molar-refractivity contribution is 6.14. The zero-order valence-corrected chi connectivity index (χ0v) is 26.6. The van der Waals surface area contributed by atoms with E-state index in [1.807, 2.05) is 36.4 Å². The Morgan fingerprint density at radius 3 is 1.67 bits per heavy atom. The lowest BCUT2D eigenvalue weighted by atomic mass is 9.92. The maximum Gasteiger partial charge on any atom is 0.159 e. The quantitative estimate of drug-likeness (QED) is 0.135. The van der Waals surface area contributed by atoms with Crippen molar-refractivity contribution >= 4 is 40.2 Å². The number of aryl methyl sites for hydroxylation is 1. The SMILES string of the molecule is C=NC(=Nc1c(C)ccc2oc3ccccc3c12)c1cccc(-c2cccc(-c3cc(-c4ccccc4)cc(-c4ccccc4)c3)c2)c1. The Labute approximate surface area is 280 Å². The van der Waals surface area contributed by atoms with Crippen LogP contribution in [0.2, 0.25) is 0 Å². The molecule has 0 spiro atoms. The minimum atomic E-state index is 0.567. The molecule has 0 saturated carbocycles. The van der Waals surface area contributed by atoms with E-state index in [-0.39, 0.29) is 0 Å². The van der Waals surface area contributed by atoms with Crippen LogP contribution in [0.1, 0.15) is 11.1 Å². The van der Waals surface area contributed by atoms with E-state index < -0.39 is 0 Å². The molecule has 0 unspecified atom stereocenters. The average Bonchev–Trinajstić information content (AvgIpc) is 3.54. The number of hydrogen-bond donors (Lipinski definition) is 0. The zero-order valence-electron chi connectivity index (χ0n) is 26.6. The summed E-state index contributed by atoms with van der Waals surface area (Å²) in [6.07, 6.45) is 0. The van der Waals surface area contributed by atoms with Crippen molar-refractivity contribution in [2.24, 2.45) is 9.98 Å². The van der Waals surface area contributed by atoms with Crippen molar-refractivity contribution in [3.05, 3.63) is 175 Å². The molecular weight excluding hydrogens is 585 g/mol. The Balaban J connectivity index is 1.20. The summed E-state index contributed by atoms with van der Waals surface area (Å²) in [6.45, 7) is 5.98. The van der Waals surface area contributed by atoms with Crippen LogP contribution in [0.4, 0.5) is 5.69 Å². The van der Waals surface area contributed by atoms with Gasteiger partial charge in [0.2, 0.25) is 0 Å². The molecule has 0 saturated heterocycles. The molecule has 3 nitrogen and oxygen atoms in total. The second-order valence-corrected chi connectivity index (χ2v) is 12.0. The van der Waals surface area contributed by atoms with E-state index in [1.165, 1.54) is 27.8 Å². The maximum absolute atomic E-state index is 6.14. The van der Waals surface area contributed by atoms with Crippen molar-refractivity contribution in [2.45, 2.75) is 6.92 Å². The fourth-order valence-corrected chi connectivity index (χ4v) is 6.45. The van der Waals surface area contributed by atoms with Crippen LogP contribution in [0.3, 0.4) is 0 Å². The first-order valence-corrected chi connectivity index (χ1v) is 16.1. The van der Waals surface area contributed by atoms with E-state index in [2.05, 4.69) is 146 Å². The second kappa shape index (κ2) is 12.5. The Kier molecular flexibility index (Phi) is 7.56.